The summed E-state index contributed by atoms with van der Waals surface area (Å²) in [4.78, 5) is 73.3. The Morgan fingerprint density at radius 3 is 0.642 bits per heavy atom. The number of esters is 4. The number of aliphatic hydroxyl groups is 1. The minimum Gasteiger partial charge on any atom is -0.462 e. The van der Waals surface area contributed by atoms with Gasteiger partial charge in [0.1, 0.15) is 19.3 Å². The molecule has 0 rings (SSSR count). The summed E-state index contributed by atoms with van der Waals surface area (Å²) in [6.45, 7) is 9.71. The highest BCUT2D eigenvalue weighted by atomic mass is 31.2. The topological polar surface area (TPSA) is 237 Å². The SMILES string of the molecule is CCCCCCCCCCCCCCCCCCCCCCCC(=O)O[C@H](COC(=O)CCCCCCCCCCCCCCCCCCC(C)C)COP(=O)(O)OC[C@@H](O)COP(=O)(O)OC[C@@H](COC(=O)CCCCCCCCCCCCC)OC(=O)CCCCCCCCCCCCCCC(C)C. The zero-order chi connectivity index (χ0) is 77.8. The highest BCUT2D eigenvalue weighted by Gasteiger charge is 2.30. The molecule has 0 saturated carbocycles. The maximum absolute atomic E-state index is 13.2. The second kappa shape index (κ2) is 78.3. The van der Waals surface area contributed by atoms with Gasteiger partial charge >= 0.3 is 39.5 Å². The van der Waals surface area contributed by atoms with Gasteiger partial charge in [-0.05, 0) is 37.5 Å². The smallest absolute Gasteiger partial charge is 0.462 e. The quantitative estimate of drug-likeness (QED) is 0.0222. The van der Waals surface area contributed by atoms with E-state index in [1.165, 1.54) is 283 Å². The Bertz CT molecular complexity index is 2030. The summed E-state index contributed by atoms with van der Waals surface area (Å²) in [6.07, 6.45) is 70.8. The fourth-order valence-electron chi connectivity index (χ4n) is 13.6. The zero-order valence-corrected chi connectivity index (χ0v) is 71.5. The molecule has 0 aromatic heterocycles. The molecule has 17 nitrogen and oxygen atoms in total. The van der Waals surface area contributed by atoms with Crippen molar-refractivity contribution >= 4 is 39.5 Å². The predicted molar refractivity (Wildman–Crippen MR) is 437 cm³/mol. The van der Waals surface area contributed by atoms with E-state index in [4.69, 9.17) is 37.0 Å². The van der Waals surface area contributed by atoms with Crippen LogP contribution in [0.4, 0.5) is 0 Å². The van der Waals surface area contributed by atoms with Crippen LogP contribution >= 0.6 is 15.6 Å². The fraction of sp³-hybridized carbons (Fsp3) is 0.954. The number of carbonyl (C=O) groups excluding carboxylic acids is 4. The molecule has 0 radical (unpaired) electrons. The normalized spacial score (nSPS) is 13.8. The van der Waals surface area contributed by atoms with Crippen molar-refractivity contribution in [2.45, 2.75) is 484 Å². The molecule has 2 unspecified atom stereocenters. The van der Waals surface area contributed by atoms with Crippen LogP contribution < -0.4 is 0 Å². The van der Waals surface area contributed by atoms with Gasteiger partial charge in [-0.1, -0.05) is 414 Å². The average Bonchev–Trinajstić information content (AvgIpc) is 0.940. The van der Waals surface area contributed by atoms with Gasteiger partial charge in [0.05, 0.1) is 26.4 Å². The summed E-state index contributed by atoms with van der Waals surface area (Å²) in [5.74, 6) is -0.511. The molecule has 0 saturated heterocycles. The molecule has 5 atom stereocenters. The van der Waals surface area contributed by atoms with Crippen molar-refractivity contribution in [2.75, 3.05) is 39.6 Å². The van der Waals surface area contributed by atoms with E-state index in [1.807, 2.05) is 0 Å². The van der Waals surface area contributed by atoms with Gasteiger partial charge in [-0.3, -0.25) is 37.3 Å². The number of aliphatic hydroxyl groups excluding tert-OH is 1. The molecule has 630 valence electrons. The van der Waals surface area contributed by atoms with E-state index < -0.39 is 97.5 Å². The van der Waals surface area contributed by atoms with Crippen molar-refractivity contribution in [3.63, 3.8) is 0 Å². The Balaban J connectivity index is 5.23. The molecule has 19 heteroatoms. The maximum Gasteiger partial charge on any atom is 0.472 e. The van der Waals surface area contributed by atoms with Crippen LogP contribution in [-0.4, -0.2) is 96.7 Å². The van der Waals surface area contributed by atoms with Gasteiger partial charge in [0.25, 0.3) is 0 Å². The number of ether oxygens (including phenoxy) is 4. The summed E-state index contributed by atoms with van der Waals surface area (Å²) < 4.78 is 68.9. The summed E-state index contributed by atoms with van der Waals surface area (Å²) in [5, 5.41) is 10.7. The van der Waals surface area contributed by atoms with E-state index in [0.717, 1.165) is 102 Å². The van der Waals surface area contributed by atoms with E-state index in [1.54, 1.807) is 0 Å². The molecular weight excluding hydrogens is 1380 g/mol. The first kappa shape index (κ1) is 104. The third-order valence-corrected chi connectivity index (χ3v) is 22.4. The zero-order valence-electron chi connectivity index (χ0n) is 69.7. The number of phosphoric acid groups is 2. The van der Waals surface area contributed by atoms with Crippen molar-refractivity contribution in [3.8, 4) is 0 Å². The van der Waals surface area contributed by atoms with Gasteiger partial charge < -0.3 is 33.8 Å². The average molecular weight is 1550 g/mol. The third kappa shape index (κ3) is 80.1. The number of rotatable bonds is 86. The minimum absolute atomic E-state index is 0.107. The van der Waals surface area contributed by atoms with Crippen LogP contribution in [0.25, 0.3) is 0 Å². The molecule has 0 aromatic carbocycles. The lowest BCUT2D eigenvalue weighted by Crippen LogP contribution is -2.30. The molecule has 0 heterocycles. The lowest BCUT2D eigenvalue weighted by Gasteiger charge is -2.21. The second-order valence-electron chi connectivity index (χ2n) is 32.2. The summed E-state index contributed by atoms with van der Waals surface area (Å²) in [7, 11) is -9.93. The molecule has 0 bridgehead atoms. The summed E-state index contributed by atoms with van der Waals surface area (Å²) >= 11 is 0. The molecule has 3 N–H and O–H groups in total. The van der Waals surface area contributed by atoms with Crippen molar-refractivity contribution in [1.29, 1.82) is 0 Å². The van der Waals surface area contributed by atoms with Crippen molar-refractivity contribution in [2.24, 2.45) is 11.8 Å². The Morgan fingerprint density at radius 2 is 0.434 bits per heavy atom. The molecule has 0 spiro atoms. The molecule has 0 fully saturated rings. The Labute approximate surface area is 651 Å². The maximum atomic E-state index is 13.2. The first-order chi connectivity index (χ1) is 51.4. The summed E-state index contributed by atoms with van der Waals surface area (Å²) in [6, 6.07) is 0. The van der Waals surface area contributed by atoms with Crippen LogP contribution in [0.5, 0.6) is 0 Å². The number of phosphoric ester groups is 2. The number of unbranched alkanes of at least 4 members (excludes halogenated alkanes) is 56. The predicted octanol–water partition coefficient (Wildman–Crippen LogP) is 26.6. The summed E-state index contributed by atoms with van der Waals surface area (Å²) in [5.41, 5.74) is 0. The molecule has 0 aliphatic rings. The standard InChI is InChI=1S/C87H170O17P2/c1-7-9-11-13-15-17-19-20-21-22-23-24-25-26-31-34-41-47-53-59-65-71-86(91)103-83(76-98-85(90)70-64-58-52-46-40-33-30-28-27-29-32-38-43-49-55-61-67-79(3)4)78-102-106(95,96)100-74-81(88)73-99-105(93,94)101-77-82(75-97-84(89)69-63-57-51-45-37-18-16-14-12-10-8-2)104-87(92)72-66-60-54-48-42-36-35-39-44-50-56-62-68-80(5)6/h79-83,88H,7-78H2,1-6H3,(H,93,94)(H,95,96)/t81-,82+,83+/m0/s1. The van der Waals surface area contributed by atoms with Gasteiger partial charge in [0, 0.05) is 25.7 Å². The van der Waals surface area contributed by atoms with Crippen molar-refractivity contribution in [1.82, 2.24) is 0 Å². The van der Waals surface area contributed by atoms with Crippen LogP contribution in [-0.2, 0) is 65.4 Å². The monoisotopic (exact) mass is 1550 g/mol. The van der Waals surface area contributed by atoms with Gasteiger partial charge in [-0.25, -0.2) is 9.13 Å². The van der Waals surface area contributed by atoms with Crippen LogP contribution in [0.2, 0.25) is 0 Å². The van der Waals surface area contributed by atoms with Gasteiger partial charge in [-0.15, -0.1) is 0 Å². The second-order valence-corrected chi connectivity index (χ2v) is 35.1. The Morgan fingerprint density at radius 1 is 0.255 bits per heavy atom. The molecule has 106 heavy (non-hydrogen) atoms. The highest BCUT2D eigenvalue weighted by molar-refractivity contribution is 7.47. The van der Waals surface area contributed by atoms with Gasteiger partial charge in [0.2, 0.25) is 0 Å². The lowest BCUT2D eigenvalue weighted by atomic mass is 10.0. The minimum atomic E-state index is -4.97. The Kier molecular flexibility index (Phi) is 76.9. The van der Waals surface area contributed by atoms with Crippen molar-refractivity contribution in [3.05, 3.63) is 0 Å². The largest absolute Gasteiger partial charge is 0.472 e. The van der Waals surface area contributed by atoms with E-state index in [0.29, 0.717) is 25.7 Å². The van der Waals surface area contributed by atoms with E-state index in [9.17, 15) is 43.2 Å². The van der Waals surface area contributed by atoms with Crippen LogP contribution in [0.1, 0.15) is 465 Å². The van der Waals surface area contributed by atoms with E-state index in [-0.39, 0.29) is 25.7 Å². The van der Waals surface area contributed by atoms with E-state index >= 15 is 0 Å². The van der Waals surface area contributed by atoms with Gasteiger partial charge in [0.15, 0.2) is 12.2 Å². The van der Waals surface area contributed by atoms with Crippen LogP contribution in [0.15, 0.2) is 0 Å². The first-order valence-electron chi connectivity index (χ1n) is 45.0. The first-order valence-corrected chi connectivity index (χ1v) is 48.0. The number of hydrogen-bond donors (Lipinski definition) is 3. The number of hydrogen-bond acceptors (Lipinski definition) is 15. The van der Waals surface area contributed by atoms with Crippen LogP contribution in [0.3, 0.4) is 0 Å². The van der Waals surface area contributed by atoms with Crippen molar-refractivity contribution < 1.29 is 80.2 Å². The molecular formula is C87H170O17P2. The van der Waals surface area contributed by atoms with Gasteiger partial charge in [-0.2, -0.15) is 0 Å². The molecule has 0 amide bonds. The van der Waals surface area contributed by atoms with E-state index in [2.05, 4.69) is 41.5 Å². The Hall–Kier alpha value is -1.94. The highest BCUT2D eigenvalue weighted by Crippen LogP contribution is 2.45. The third-order valence-electron chi connectivity index (χ3n) is 20.5. The molecule has 0 aromatic rings. The van der Waals surface area contributed by atoms with Crippen LogP contribution in [0, 0.1) is 11.8 Å². The number of carbonyl (C=O) groups is 4. The fourth-order valence-corrected chi connectivity index (χ4v) is 15.2. The lowest BCUT2D eigenvalue weighted by molar-refractivity contribution is -0.161. The molecule has 0 aliphatic carbocycles. The molecule has 0 aliphatic heterocycles.